The molecule has 0 bridgehead atoms. The molecule has 0 aromatic rings. The largest absolute Gasteiger partial charge is 0.462 e. The highest BCUT2D eigenvalue weighted by Crippen LogP contribution is 2.16. The van der Waals surface area contributed by atoms with Crippen LogP contribution in [0.25, 0.3) is 0 Å². The van der Waals surface area contributed by atoms with Crippen LogP contribution in [0.15, 0.2) is 0 Å². The Morgan fingerprint density at radius 1 is 1.12 bits per heavy atom. The zero-order valence-electron chi connectivity index (χ0n) is 11.4. The minimum Gasteiger partial charge on any atom is -0.375 e. The third kappa shape index (κ3) is 7.29. The molecule has 17 heavy (non-hydrogen) atoms. The van der Waals surface area contributed by atoms with Crippen LogP contribution >= 0.6 is 0 Å². The molecule has 0 aromatic heterocycles. The molecule has 0 radical (unpaired) electrons. The van der Waals surface area contributed by atoms with Gasteiger partial charge in [-0.2, -0.15) is 0 Å². The van der Waals surface area contributed by atoms with Gasteiger partial charge in [-0.3, -0.25) is 5.43 Å². The molecular weight excluding hydrogens is 240 g/mol. The lowest BCUT2D eigenvalue weighted by atomic mass is 10.2. The SMILES string of the molecule is CC(C)(C)O[SiH](OC(C)(C)C)N(N)C(=O)NN. The molecule has 7 nitrogen and oxygen atoms in total. The molecular formula is C9H24N4O3Si. The van der Waals surface area contributed by atoms with Crippen LogP contribution in [0.2, 0.25) is 0 Å². The van der Waals surface area contributed by atoms with Crippen molar-refractivity contribution in [1.29, 1.82) is 0 Å². The number of nitrogens with two attached hydrogens (primary N) is 2. The number of carbonyl (C=O) groups excluding carboxylic acids is 1. The number of urea groups is 1. The summed E-state index contributed by atoms with van der Waals surface area (Å²) < 4.78 is 12.3. The number of carbonyl (C=O) groups is 1. The smallest absolute Gasteiger partial charge is 0.375 e. The zero-order chi connectivity index (χ0) is 13.9. The maximum absolute atomic E-state index is 11.4. The van der Waals surface area contributed by atoms with Crippen LogP contribution < -0.4 is 17.1 Å². The monoisotopic (exact) mass is 264 g/mol. The number of nitrogens with zero attached hydrogens (tertiary/aromatic N) is 1. The molecule has 0 rings (SSSR count). The lowest BCUT2D eigenvalue weighted by molar-refractivity contribution is 0.0120. The highest BCUT2D eigenvalue weighted by Gasteiger charge is 2.34. The molecule has 102 valence electrons. The minimum absolute atomic E-state index is 0.450. The highest BCUT2D eigenvalue weighted by atomic mass is 28.3. The van der Waals surface area contributed by atoms with Crippen LogP contribution in [0.5, 0.6) is 0 Å². The summed E-state index contributed by atoms with van der Waals surface area (Å²) >= 11 is 0. The van der Waals surface area contributed by atoms with Gasteiger partial charge in [-0.25, -0.2) is 21.2 Å². The second-order valence-electron chi connectivity index (χ2n) is 5.62. The first kappa shape index (κ1) is 16.3. The van der Waals surface area contributed by atoms with Crippen LogP contribution in [0, 0.1) is 0 Å². The lowest BCUT2D eigenvalue weighted by Crippen LogP contribution is -2.60. The van der Waals surface area contributed by atoms with Crippen LogP contribution in [0.3, 0.4) is 0 Å². The van der Waals surface area contributed by atoms with E-state index in [4.69, 9.17) is 20.5 Å². The van der Waals surface area contributed by atoms with E-state index in [0.717, 1.165) is 4.67 Å². The molecule has 2 amide bonds. The molecule has 0 heterocycles. The first-order chi connectivity index (χ1) is 7.46. The van der Waals surface area contributed by atoms with E-state index < -0.39 is 26.7 Å². The van der Waals surface area contributed by atoms with Crippen molar-refractivity contribution in [2.75, 3.05) is 0 Å². The summed E-state index contributed by atoms with van der Waals surface area (Å²) in [7, 11) is -2.53. The third-order valence-electron chi connectivity index (χ3n) is 1.49. The van der Waals surface area contributed by atoms with E-state index in [0.29, 0.717) is 0 Å². The van der Waals surface area contributed by atoms with Crippen molar-refractivity contribution in [3.05, 3.63) is 0 Å². The van der Waals surface area contributed by atoms with E-state index in [-0.39, 0.29) is 0 Å². The summed E-state index contributed by atoms with van der Waals surface area (Å²) in [6.07, 6.45) is 0. The summed E-state index contributed by atoms with van der Waals surface area (Å²) in [5.41, 5.74) is 1.05. The number of hydrazine groups is 2. The Kier molecular flexibility index (Phi) is 5.55. The molecule has 8 heteroatoms. The standard InChI is InChI=1S/C9H24N4O3Si/c1-8(2,3)15-17(16-9(4,5)6)13(11)7(14)12-10/h17H,10-11H2,1-6H3,(H,12,14). The van der Waals surface area contributed by atoms with Crippen molar-refractivity contribution in [2.45, 2.75) is 52.7 Å². The Morgan fingerprint density at radius 3 is 1.71 bits per heavy atom. The van der Waals surface area contributed by atoms with Crippen LogP contribution in [0.1, 0.15) is 41.5 Å². The van der Waals surface area contributed by atoms with Gasteiger partial charge in [0.2, 0.25) is 0 Å². The summed E-state index contributed by atoms with van der Waals surface area (Å²) in [4.78, 5) is 11.4. The number of rotatable bonds is 3. The van der Waals surface area contributed by atoms with Gasteiger partial charge < -0.3 is 8.85 Å². The van der Waals surface area contributed by atoms with Gasteiger partial charge >= 0.3 is 15.5 Å². The van der Waals surface area contributed by atoms with Crippen LogP contribution in [0.4, 0.5) is 4.79 Å². The van der Waals surface area contributed by atoms with Crippen LogP contribution in [-0.2, 0) is 8.85 Å². The third-order valence-corrected chi connectivity index (χ3v) is 4.00. The van der Waals surface area contributed by atoms with E-state index >= 15 is 0 Å². The maximum atomic E-state index is 11.4. The van der Waals surface area contributed by atoms with E-state index in [9.17, 15) is 4.79 Å². The van der Waals surface area contributed by atoms with Gasteiger partial charge in [0.25, 0.3) is 0 Å². The maximum Gasteiger partial charge on any atom is 0.462 e. The molecule has 0 saturated carbocycles. The van der Waals surface area contributed by atoms with Crippen molar-refractivity contribution in [3.8, 4) is 0 Å². The average molecular weight is 264 g/mol. The summed E-state index contributed by atoms with van der Waals surface area (Å²) in [5.74, 6) is 10.7. The molecule has 0 saturated heterocycles. The first-order valence-electron chi connectivity index (χ1n) is 5.36. The second-order valence-corrected chi connectivity index (χ2v) is 7.27. The molecule has 0 unspecified atom stereocenters. The Hall–Kier alpha value is -0.673. The first-order valence-corrected chi connectivity index (χ1v) is 6.82. The number of hydrogen-bond donors (Lipinski definition) is 3. The summed E-state index contributed by atoms with van der Waals surface area (Å²) in [6.45, 7) is 11.2. The van der Waals surface area contributed by atoms with Crippen molar-refractivity contribution in [3.63, 3.8) is 0 Å². The molecule has 0 aliphatic heterocycles. The zero-order valence-corrected chi connectivity index (χ0v) is 12.6. The molecule has 0 fully saturated rings. The van der Waals surface area contributed by atoms with Gasteiger partial charge in [0.1, 0.15) is 0 Å². The van der Waals surface area contributed by atoms with Crippen molar-refractivity contribution in [1.82, 2.24) is 10.1 Å². The number of nitrogens with one attached hydrogen (secondary N) is 1. The molecule has 0 aliphatic carbocycles. The summed E-state index contributed by atoms with van der Waals surface area (Å²) in [6, 6.07) is -0.629. The summed E-state index contributed by atoms with van der Waals surface area (Å²) in [5, 5.41) is 0. The minimum atomic E-state index is -2.53. The fraction of sp³-hybridized carbons (Fsp3) is 0.889. The number of hydrogen-bond acceptors (Lipinski definition) is 5. The quantitative estimate of drug-likeness (QED) is 0.290. The van der Waals surface area contributed by atoms with Gasteiger partial charge in [0.15, 0.2) is 0 Å². The topological polar surface area (TPSA) is 103 Å². The molecule has 0 atom stereocenters. The average Bonchev–Trinajstić information content (AvgIpc) is 2.09. The molecule has 0 aliphatic rings. The normalized spacial score (nSPS) is 12.8. The Morgan fingerprint density at radius 2 is 1.47 bits per heavy atom. The van der Waals surface area contributed by atoms with Crippen molar-refractivity contribution < 1.29 is 13.6 Å². The van der Waals surface area contributed by atoms with Gasteiger partial charge in [0, 0.05) is 0 Å². The molecule has 0 aromatic carbocycles. The Bertz CT molecular complexity index is 246. The predicted octanol–water partition coefficient (Wildman–Crippen LogP) is 0.0928. The van der Waals surface area contributed by atoms with E-state index in [1.807, 2.05) is 47.0 Å². The van der Waals surface area contributed by atoms with Crippen LogP contribution in [-0.4, -0.2) is 31.4 Å². The lowest BCUT2D eigenvalue weighted by Gasteiger charge is -2.35. The fourth-order valence-electron chi connectivity index (χ4n) is 0.913. The van der Waals surface area contributed by atoms with Crippen molar-refractivity contribution in [2.24, 2.45) is 11.7 Å². The van der Waals surface area contributed by atoms with E-state index in [1.54, 1.807) is 0 Å². The van der Waals surface area contributed by atoms with Gasteiger partial charge in [-0.1, -0.05) is 0 Å². The van der Waals surface area contributed by atoms with Gasteiger partial charge in [0.05, 0.1) is 11.2 Å². The van der Waals surface area contributed by atoms with Crippen molar-refractivity contribution >= 4 is 15.5 Å². The van der Waals surface area contributed by atoms with Gasteiger partial charge in [-0.05, 0) is 41.5 Å². The Labute approximate surface area is 104 Å². The second kappa shape index (κ2) is 5.78. The molecule has 0 spiro atoms. The van der Waals surface area contributed by atoms with E-state index in [2.05, 4.69) is 0 Å². The predicted molar refractivity (Wildman–Crippen MR) is 67.6 cm³/mol. The fourth-order valence-corrected chi connectivity index (χ4v) is 2.66. The highest BCUT2D eigenvalue weighted by molar-refractivity contribution is 6.44. The Balaban J connectivity index is 4.79. The van der Waals surface area contributed by atoms with E-state index in [1.165, 1.54) is 0 Å². The number of amides is 2. The molecule has 5 N–H and O–H groups in total. The van der Waals surface area contributed by atoms with Gasteiger partial charge in [-0.15, -0.1) is 0 Å².